The molecule has 1 rings (SSSR count). The van der Waals surface area contributed by atoms with Crippen molar-refractivity contribution in [2.24, 2.45) is 5.92 Å². The highest BCUT2D eigenvalue weighted by atomic mass is 35.5. The number of halogens is 1. The molecule has 1 aromatic rings. The van der Waals surface area contributed by atoms with Gasteiger partial charge >= 0.3 is 0 Å². The Hall–Kier alpha value is -0.710. The first-order valence-electron chi connectivity index (χ1n) is 5.30. The van der Waals surface area contributed by atoms with E-state index >= 15 is 0 Å². The van der Waals surface area contributed by atoms with Gasteiger partial charge in [0.05, 0.1) is 37.9 Å². The molecule has 0 atom stereocenters. The number of nitrogens with zero attached hydrogens (tertiary/aromatic N) is 2. The van der Waals surface area contributed by atoms with Crippen molar-refractivity contribution >= 4 is 11.6 Å². The Bertz CT molecular complexity index is 291. The van der Waals surface area contributed by atoms with Gasteiger partial charge in [0.2, 0.25) is 0 Å². The summed E-state index contributed by atoms with van der Waals surface area (Å²) in [6.07, 6.45) is 3.12. The first-order valence-corrected chi connectivity index (χ1v) is 5.68. The third kappa shape index (κ3) is 6.00. The first-order chi connectivity index (χ1) is 7.68. The molecule has 0 fully saturated rings. The van der Waals surface area contributed by atoms with Crippen LogP contribution in [0.25, 0.3) is 0 Å². The number of hydrogen-bond donors (Lipinski definition) is 0. The lowest BCUT2D eigenvalue weighted by atomic mass is 10.2. The highest BCUT2D eigenvalue weighted by Crippen LogP contribution is 2.02. The van der Waals surface area contributed by atoms with E-state index in [4.69, 9.17) is 21.1 Å². The molecule has 90 valence electrons. The Morgan fingerprint density at radius 2 is 1.94 bits per heavy atom. The smallest absolute Gasteiger partial charge is 0.147 e. The maximum absolute atomic E-state index is 5.61. The van der Waals surface area contributed by atoms with E-state index < -0.39 is 0 Å². The van der Waals surface area contributed by atoms with Crippen LogP contribution in [0, 0.1) is 5.92 Å². The fraction of sp³-hybridized carbons (Fsp3) is 0.636. The van der Waals surface area contributed by atoms with Gasteiger partial charge in [0.25, 0.3) is 0 Å². The maximum atomic E-state index is 5.61. The minimum Gasteiger partial charge on any atom is -0.379 e. The quantitative estimate of drug-likeness (QED) is 0.691. The van der Waals surface area contributed by atoms with Crippen molar-refractivity contribution in [2.45, 2.75) is 20.5 Å². The molecule has 4 nitrogen and oxygen atoms in total. The number of ether oxygens (including phenoxy) is 2. The van der Waals surface area contributed by atoms with E-state index in [0.717, 1.165) is 12.3 Å². The summed E-state index contributed by atoms with van der Waals surface area (Å²) in [7, 11) is 0. The van der Waals surface area contributed by atoms with Crippen LogP contribution >= 0.6 is 11.6 Å². The van der Waals surface area contributed by atoms with E-state index in [1.807, 2.05) is 0 Å². The number of aromatic nitrogens is 2. The van der Waals surface area contributed by atoms with Crippen LogP contribution in [0.4, 0.5) is 0 Å². The number of hydrogen-bond acceptors (Lipinski definition) is 4. The third-order valence-corrected chi connectivity index (χ3v) is 1.94. The van der Waals surface area contributed by atoms with Crippen molar-refractivity contribution < 1.29 is 9.47 Å². The fourth-order valence-corrected chi connectivity index (χ4v) is 1.12. The molecular weight excluding hydrogens is 228 g/mol. The summed E-state index contributed by atoms with van der Waals surface area (Å²) in [5.41, 5.74) is 0.772. The predicted octanol–water partition coefficient (Wildman–Crippen LogP) is 2.32. The topological polar surface area (TPSA) is 44.2 Å². The molecule has 0 bridgehead atoms. The third-order valence-electron chi connectivity index (χ3n) is 1.75. The summed E-state index contributed by atoms with van der Waals surface area (Å²) < 4.78 is 10.7. The lowest BCUT2D eigenvalue weighted by Crippen LogP contribution is -2.08. The van der Waals surface area contributed by atoms with Crippen LogP contribution in [0.2, 0.25) is 5.15 Å². The monoisotopic (exact) mass is 244 g/mol. The molecule has 16 heavy (non-hydrogen) atoms. The zero-order valence-corrected chi connectivity index (χ0v) is 10.4. The highest BCUT2D eigenvalue weighted by molar-refractivity contribution is 6.29. The summed E-state index contributed by atoms with van der Waals surface area (Å²) in [5, 5.41) is 0.393. The summed E-state index contributed by atoms with van der Waals surface area (Å²) in [6.45, 7) is 6.61. The van der Waals surface area contributed by atoms with Crippen LogP contribution in [0.15, 0.2) is 12.4 Å². The van der Waals surface area contributed by atoms with Crippen molar-refractivity contribution in [3.63, 3.8) is 0 Å². The van der Waals surface area contributed by atoms with Crippen molar-refractivity contribution in [1.29, 1.82) is 0 Å². The van der Waals surface area contributed by atoms with Crippen molar-refractivity contribution in [3.05, 3.63) is 23.2 Å². The molecule has 0 spiro atoms. The summed E-state index contributed by atoms with van der Waals surface area (Å²) in [6, 6.07) is 0. The Kier molecular flexibility index (Phi) is 6.30. The van der Waals surface area contributed by atoms with E-state index in [0.29, 0.717) is 30.9 Å². The first kappa shape index (κ1) is 13.4. The van der Waals surface area contributed by atoms with E-state index in [9.17, 15) is 0 Å². The largest absolute Gasteiger partial charge is 0.379 e. The Morgan fingerprint density at radius 3 is 2.56 bits per heavy atom. The lowest BCUT2D eigenvalue weighted by molar-refractivity contribution is 0.0304. The summed E-state index contributed by atoms with van der Waals surface area (Å²) in [4.78, 5) is 7.97. The maximum Gasteiger partial charge on any atom is 0.147 e. The fourth-order valence-electron chi connectivity index (χ4n) is 1.03. The van der Waals surface area contributed by atoms with E-state index in [1.165, 1.54) is 6.20 Å². The average molecular weight is 245 g/mol. The van der Waals surface area contributed by atoms with Gasteiger partial charge in [-0.25, -0.2) is 4.98 Å². The van der Waals surface area contributed by atoms with Gasteiger partial charge in [-0.1, -0.05) is 25.4 Å². The molecular formula is C11H17ClN2O2. The lowest BCUT2D eigenvalue weighted by Gasteiger charge is -2.07. The van der Waals surface area contributed by atoms with Crippen molar-refractivity contribution in [2.75, 3.05) is 19.8 Å². The minimum absolute atomic E-state index is 0.393. The average Bonchev–Trinajstić information content (AvgIpc) is 2.25. The molecule has 0 radical (unpaired) electrons. The van der Waals surface area contributed by atoms with Crippen LogP contribution in [0.5, 0.6) is 0 Å². The van der Waals surface area contributed by atoms with E-state index in [2.05, 4.69) is 23.8 Å². The Labute approximate surface area is 101 Å². The Balaban J connectivity index is 2.05. The zero-order chi connectivity index (χ0) is 11.8. The van der Waals surface area contributed by atoms with Crippen LogP contribution in [-0.2, 0) is 16.1 Å². The minimum atomic E-state index is 0.393. The molecule has 0 saturated carbocycles. The molecule has 0 aliphatic heterocycles. The SMILES string of the molecule is CC(C)COCCOCc1cnc(Cl)cn1. The Morgan fingerprint density at radius 1 is 1.19 bits per heavy atom. The zero-order valence-electron chi connectivity index (χ0n) is 9.65. The van der Waals surface area contributed by atoms with Gasteiger partial charge in [-0.2, -0.15) is 0 Å². The summed E-state index contributed by atoms with van der Waals surface area (Å²) in [5.74, 6) is 0.558. The van der Waals surface area contributed by atoms with Crippen LogP contribution < -0.4 is 0 Å². The van der Waals surface area contributed by atoms with Gasteiger partial charge in [0, 0.05) is 6.61 Å². The van der Waals surface area contributed by atoms with Crippen molar-refractivity contribution in [1.82, 2.24) is 9.97 Å². The molecule has 0 aromatic carbocycles. The van der Waals surface area contributed by atoms with E-state index in [-0.39, 0.29) is 0 Å². The molecule has 0 unspecified atom stereocenters. The molecule has 1 aromatic heterocycles. The number of rotatable bonds is 7. The van der Waals surface area contributed by atoms with E-state index in [1.54, 1.807) is 6.20 Å². The molecule has 0 N–H and O–H groups in total. The second kappa shape index (κ2) is 7.54. The van der Waals surface area contributed by atoms with Crippen LogP contribution in [-0.4, -0.2) is 29.8 Å². The van der Waals surface area contributed by atoms with Gasteiger partial charge in [-0.3, -0.25) is 4.98 Å². The van der Waals surface area contributed by atoms with Crippen molar-refractivity contribution in [3.8, 4) is 0 Å². The van der Waals surface area contributed by atoms with Crippen LogP contribution in [0.3, 0.4) is 0 Å². The molecule has 0 aliphatic rings. The molecule has 0 aliphatic carbocycles. The molecule has 1 heterocycles. The van der Waals surface area contributed by atoms with Gasteiger partial charge in [0.15, 0.2) is 0 Å². The standard InChI is InChI=1S/C11H17ClN2O2/c1-9(2)7-15-3-4-16-8-10-5-14-11(12)6-13-10/h5-6,9H,3-4,7-8H2,1-2H3. The second-order valence-corrected chi connectivity index (χ2v) is 4.24. The molecule has 0 amide bonds. The predicted molar refractivity (Wildman–Crippen MR) is 62.4 cm³/mol. The van der Waals surface area contributed by atoms with Gasteiger partial charge in [0.1, 0.15) is 5.15 Å². The highest BCUT2D eigenvalue weighted by Gasteiger charge is 1.97. The molecule has 0 saturated heterocycles. The van der Waals surface area contributed by atoms with Crippen LogP contribution in [0.1, 0.15) is 19.5 Å². The summed E-state index contributed by atoms with van der Waals surface area (Å²) >= 11 is 5.61. The molecule has 5 heteroatoms. The second-order valence-electron chi connectivity index (χ2n) is 3.85. The van der Waals surface area contributed by atoms with Gasteiger partial charge in [-0.15, -0.1) is 0 Å². The van der Waals surface area contributed by atoms with Gasteiger partial charge in [-0.05, 0) is 5.92 Å². The normalized spacial score (nSPS) is 11.0. The van der Waals surface area contributed by atoms with Gasteiger partial charge < -0.3 is 9.47 Å².